The summed E-state index contributed by atoms with van der Waals surface area (Å²) in [6.07, 6.45) is 1.98. The Morgan fingerprint density at radius 3 is 2.56 bits per heavy atom. The summed E-state index contributed by atoms with van der Waals surface area (Å²) in [7, 11) is 3.96. The number of amides is 1. The van der Waals surface area contributed by atoms with Crippen molar-refractivity contribution in [2.45, 2.75) is 32.3 Å². The molecule has 1 spiro atoms. The number of carbonyl (C=O) groups excluding carboxylic acids is 2. The maximum Gasteiger partial charge on any atom is 0.312 e. The fourth-order valence-electron chi connectivity index (χ4n) is 4.19. The molecule has 0 radical (unpaired) electrons. The first-order chi connectivity index (χ1) is 15.4. The van der Waals surface area contributed by atoms with Crippen LogP contribution in [0.2, 0.25) is 0 Å². The van der Waals surface area contributed by atoms with Gasteiger partial charge in [-0.25, -0.2) is 0 Å². The van der Waals surface area contributed by atoms with Crippen LogP contribution in [-0.2, 0) is 19.1 Å². The second kappa shape index (κ2) is 12.4. The van der Waals surface area contributed by atoms with Crippen molar-refractivity contribution in [2.75, 3.05) is 53.6 Å². The molecular formula is C23H34N2O7. The molecule has 0 saturated carbocycles. The summed E-state index contributed by atoms with van der Waals surface area (Å²) < 4.78 is 16.7. The molecule has 2 saturated heterocycles. The monoisotopic (exact) mass is 450 g/mol. The number of ether oxygens (including phenoxy) is 3. The molecule has 2 heterocycles. The lowest BCUT2D eigenvalue weighted by molar-refractivity contribution is -0.150. The Labute approximate surface area is 189 Å². The molecule has 1 aromatic rings. The highest BCUT2D eigenvalue weighted by atomic mass is 16.6. The number of para-hydroxylation sites is 1. The molecule has 2 fully saturated rings. The van der Waals surface area contributed by atoms with E-state index in [9.17, 15) is 9.59 Å². The third-order valence-electron chi connectivity index (χ3n) is 5.71. The van der Waals surface area contributed by atoms with E-state index in [4.69, 9.17) is 24.1 Å². The predicted molar refractivity (Wildman–Crippen MR) is 118 cm³/mol. The lowest BCUT2D eigenvalue weighted by Crippen LogP contribution is -2.45. The number of likely N-dealkylation sites (tertiary alicyclic amines) is 1. The number of piperidine rings is 1. The Morgan fingerprint density at radius 1 is 1.28 bits per heavy atom. The number of hydrogen-bond acceptors (Lipinski definition) is 7. The molecule has 2 aliphatic rings. The van der Waals surface area contributed by atoms with Crippen LogP contribution in [0.15, 0.2) is 24.3 Å². The highest BCUT2D eigenvalue weighted by Gasteiger charge is 2.50. The van der Waals surface area contributed by atoms with Gasteiger partial charge in [-0.05, 0) is 46.0 Å². The van der Waals surface area contributed by atoms with Crippen LogP contribution in [0, 0.1) is 5.41 Å². The minimum atomic E-state index is -0.440. The number of carboxylic acid groups (broad SMARTS) is 1. The highest BCUT2D eigenvalue weighted by Crippen LogP contribution is 2.43. The topological polar surface area (TPSA) is 106 Å². The number of hydrogen-bond donors (Lipinski definition) is 1. The van der Waals surface area contributed by atoms with E-state index in [2.05, 4.69) is 0 Å². The standard InChI is InChI=1S/C22H32N2O5.CH2O2/c1-4-27-13-14-28-19-8-6-5-7-18(19)20(25)24-11-9-22(10-12-24)15-17(16-23(2)3)29-21(22)26;2-1-3/h5-8,17H,4,9-16H2,1-3H3;1H,(H,2,3). The number of benzene rings is 1. The van der Waals surface area contributed by atoms with Crippen molar-refractivity contribution in [3.8, 4) is 5.75 Å². The van der Waals surface area contributed by atoms with E-state index in [1.807, 2.05) is 49.0 Å². The van der Waals surface area contributed by atoms with E-state index in [0.29, 0.717) is 57.1 Å². The summed E-state index contributed by atoms with van der Waals surface area (Å²) in [5.74, 6) is 0.419. The highest BCUT2D eigenvalue weighted by molar-refractivity contribution is 5.97. The summed E-state index contributed by atoms with van der Waals surface area (Å²) in [5, 5.41) is 6.89. The number of likely N-dealkylation sites (N-methyl/N-ethyl adjacent to an activating group) is 1. The van der Waals surface area contributed by atoms with Crippen molar-refractivity contribution in [1.29, 1.82) is 0 Å². The van der Waals surface area contributed by atoms with Crippen LogP contribution in [-0.4, -0.2) is 92.9 Å². The summed E-state index contributed by atoms with van der Waals surface area (Å²) >= 11 is 0. The zero-order chi connectivity index (χ0) is 23.6. The van der Waals surface area contributed by atoms with Gasteiger partial charge >= 0.3 is 5.97 Å². The lowest BCUT2D eigenvalue weighted by Gasteiger charge is -2.36. The van der Waals surface area contributed by atoms with Gasteiger partial charge in [0.05, 0.1) is 17.6 Å². The van der Waals surface area contributed by atoms with Crippen molar-refractivity contribution < 1.29 is 33.7 Å². The van der Waals surface area contributed by atoms with E-state index in [0.717, 1.165) is 13.0 Å². The molecule has 1 N–H and O–H groups in total. The normalized spacial score (nSPS) is 19.3. The Hall–Kier alpha value is -2.65. The molecule has 178 valence electrons. The Balaban J connectivity index is 0.00000114. The second-order valence-electron chi connectivity index (χ2n) is 8.21. The fraction of sp³-hybridized carbons (Fsp3) is 0.609. The Kier molecular flexibility index (Phi) is 9.93. The van der Waals surface area contributed by atoms with E-state index in [1.165, 1.54) is 0 Å². The van der Waals surface area contributed by atoms with Gasteiger partial charge in [0.25, 0.3) is 12.4 Å². The van der Waals surface area contributed by atoms with Crippen LogP contribution in [0.5, 0.6) is 5.75 Å². The third-order valence-corrected chi connectivity index (χ3v) is 5.71. The van der Waals surface area contributed by atoms with Crippen LogP contribution in [0.3, 0.4) is 0 Å². The summed E-state index contributed by atoms with van der Waals surface area (Å²) in [4.78, 5) is 37.9. The van der Waals surface area contributed by atoms with E-state index >= 15 is 0 Å². The summed E-state index contributed by atoms with van der Waals surface area (Å²) in [5.41, 5.74) is 0.116. The van der Waals surface area contributed by atoms with Gasteiger partial charge in [-0.2, -0.15) is 0 Å². The molecule has 0 aliphatic carbocycles. The second-order valence-corrected chi connectivity index (χ2v) is 8.21. The van der Waals surface area contributed by atoms with Gasteiger partial charge in [0.1, 0.15) is 18.5 Å². The van der Waals surface area contributed by atoms with Crippen molar-refractivity contribution in [3.05, 3.63) is 29.8 Å². The maximum absolute atomic E-state index is 13.1. The van der Waals surface area contributed by atoms with Crippen molar-refractivity contribution >= 4 is 18.3 Å². The van der Waals surface area contributed by atoms with Gasteiger partial charge in [0.15, 0.2) is 0 Å². The summed E-state index contributed by atoms with van der Waals surface area (Å²) in [6.45, 7) is 5.05. The molecule has 32 heavy (non-hydrogen) atoms. The average molecular weight is 451 g/mol. The van der Waals surface area contributed by atoms with Crippen molar-refractivity contribution in [2.24, 2.45) is 5.41 Å². The molecular weight excluding hydrogens is 416 g/mol. The van der Waals surface area contributed by atoms with Gasteiger partial charge in [-0.15, -0.1) is 0 Å². The van der Waals surface area contributed by atoms with E-state index in [-0.39, 0.29) is 24.5 Å². The van der Waals surface area contributed by atoms with E-state index in [1.54, 1.807) is 6.07 Å². The van der Waals surface area contributed by atoms with Gasteiger partial charge < -0.3 is 29.1 Å². The van der Waals surface area contributed by atoms with Gasteiger partial charge in [-0.3, -0.25) is 14.4 Å². The minimum absolute atomic E-state index is 0.0527. The number of nitrogens with zero attached hydrogens (tertiary/aromatic N) is 2. The van der Waals surface area contributed by atoms with Gasteiger partial charge in [0.2, 0.25) is 0 Å². The molecule has 1 aromatic carbocycles. The lowest BCUT2D eigenvalue weighted by atomic mass is 9.76. The zero-order valence-corrected chi connectivity index (χ0v) is 19.1. The van der Waals surface area contributed by atoms with Crippen LogP contribution < -0.4 is 4.74 Å². The zero-order valence-electron chi connectivity index (χ0n) is 19.1. The van der Waals surface area contributed by atoms with Crippen LogP contribution in [0.4, 0.5) is 0 Å². The first-order valence-electron chi connectivity index (χ1n) is 10.9. The molecule has 1 atom stereocenters. The van der Waals surface area contributed by atoms with Crippen molar-refractivity contribution in [3.63, 3.8) is 0 Å². The van der Waals surface area contributed by atoms with Gasteiger partial charge in [-0.1, -0.05) is 12.1 Å². The average Bonchev–Trinajstić information content (AvgIpc) is 3.05. The fourth-order valence-corrected chi connectivity index (χ4v) is 4.19. The minimum Gasteiger partial charge on any atom is -0.490 e. The van der Waals surface area contributed by atoms with Gasteiger partial charge in [0, 0.05) is 32.7 Å². The molecule has 2 aliphatic heterocycles. The molecule has 3 rings (SSSR count). The van der Waals surface area contributed by atoms with Crippen LogP contribution in [0.1, 0.15) is 36.5 Å². The van der Waals surface area contributed by atoms with Crippen molar-refractivity contribution in [1.82, 2.24) is 9.80 Å². The molecule has 0 bridgehead atoms. The Morgan fingerprint density at radius 2 is 1.94 bits per heavy atom. The third kappa shape index (κ3) is 6.67. The smallest absolute Gasteiger partial charge is 0.312 e. The SMILES string of the molecule is CCOCCOc1ccccc1C(=O)N1CCC2(CC1)CC(CN(C)C)OC2=O.O=CO. The summed E-state index contributed by atoms with van der Waals surface area (Å²) in [6, 6.07) is 7.30. The number of carbonyl (C=O) groups is 3. The number of rotatable bonds is 8. The maximum atomic E-state index is 13.1. The Bertz CT molecular complexity index is 760. The predicted octanol–water partition coefficient (Wildman–Crippen LogP) is 1.90. The number of esters is 1. The van der Waals surface area contributed by atoms with E-state index < -0.39 is 5.41 Å². The molecule has 9 heteroatoms. The molecule has 0 aromatic heterocycles. The quantitative estimate of drug-likeness (QED) is 0.364. The first-order valence-corrected chi connectivity index (χ1v) is 10.9. The number of cyclic esters (lactones) is 1. The van der Waals surface area contributed by atoms with Crippen LogP contribution >= 0.6 is 0 Å². The van der Waals surface area contributed by atoms with Crippen LogP contribution in [0.25, 0.3) is 0 Å². The largest absolute Gasteiger partial charge is 0.490 e. The first kappa shape index (κ1) is 25.6. The molecule has 1 amide bonds. The molecule has 1 unspecified atom stereocenters. The molecule has 9 nitrogen and oxygen atoms in total.